The van der Waals surface area contributed by atoms with E-state index >= 15 is 0 Å². The van der Waals surface area contributed by atoms with Gasteiger partial charge < -0.3 is 19.5 Å². The second-order valence-corrected chi connectivity index (χ2v) is 6.59. The average molecular weight is 426 g/mol. The minimum Gasteiger partial charge on any atom is -0.493 e. The zero-order valence-corrected chi connectivity index (χ0v) is 16.8. The predicted octanol–water partition coefficient (Wildman–Crippen LogP) is 4.69. The molecule has 142 valence electrons. The van der Waals surface area contributed by atoms with Gasteiger partial charge in [-0.2, -0.15) is 0 Å². The van der Waals surface area contributed by atoms with Crippen LogP contribution < -0.4 is 14.8 Å². The molecule has 4 nitrogen and oxygen atoms in total. The highest BCUT2D eigenvalue weighted by molar-refractivity contribution is 9.10. The van der Waals surface area contributed by atoms with Crippen molar-refractivity contribution in [2.24, 2.45) is 0 Å². The van der Waals surface area contributed by atoms with Crippen molar-refractivity contribution < 1.29 is 18.6 Å². The van der Waals surface area contributed by atoms with Crippen molar-refractivity contribution in [3.05, 3.63) is 57.8 Å². The molecule has 0 saturated carbocycles. The first-order chi connectivity index (χ1) is 12.6. The first-order valence-corrected chi connectivity index (χ1v) is 9.45. The Morgan fingerprint density at radius 3 is 2.58 bits per heavy atom. The normalized spacial score (nSPS) is 10.8. The van der Waals surface area contributed by atoms with E-state index in [9.17, 15) is 4.39 Å². The van der Waals surface area contributed by atoms with Gasteiger partial charge in [0.25, 0.3) is 0 Å². The van der Waals surface area contributed by atoms with Crippen LogP contribution in [0.2, 0.25) is 0 Å². The van der Waals surface area contributed by atoms with E-state index in [1.807, 2.05) is 19.1 Å². The number of nitrogens with one attached hydrogen (secondary N) is 1. The SMILES string of the molecule is CCOCCCNCc1cc(OC)c(OCc2ccc(F)cc2)cc1Br. The van der Waals surface area contributed by atoms with Gasteiger partial charge in [0.1, 0.15) is 12.4 Å². The van der Waals surface area contributed by atoms with Crippen LogP contribution in [0.3, 0.4) is 0 Å². The first kappa shape index (κ1) is 20.7. The fraction of sp³-hybridized carbons (Fsp3) is 0.400. The Kier molecular flexibility index (Phi) is 8.88. The van der Waals surface area contributed by atoms with Gasteiger partial charge in [0.15, 0.2) is 11.5 Å². The fourth-order valence-corrected chi connectivity index (χ4v) is 2.86. The molecular formula is C20H25BrFNO3. The summed E-state index contributed by atoms with van der Waals surface area (Å²) in [7, 11) is 1.62. The lowest BCUT2D eigenvalue weighted by Crippen LogP contribution is -2.16. The van der Waals surface area contributed by atoms with E-state index in [2.05, 4.69) is 21.2 Å². The van der Waals surface area contributed by atoms with Gasteiger partial charge in [-0.25, -0.2) is 4.39 Å². The zero-order valence-electron chi connectivity index (χ0n) is 15.2. The van der Waals surface area contributed by atoms with Gasteiger partial charge in [-0.05, 0) is 55.3 Å². The van der Waals surface area contributed by atoms with Crippen molar-refractivity contribution in [1.82, 2.24) is 5.32 Å². The number of hydrogen-bond donors (Lipinski definition) is 1. The number of halogens is 2. The Balaban J connectivity index is 1.93. The van der Waals surface area contributed by atoms with Crippen LogP contribution >= 0.6 is 15.9 Å². The number of ether oxygens (including phenoxy) is 3. The number of rotatable bonds is 11. The van der Waals surface area contributed by atoms with Crippen molar-refractivity contribution in [2.75, 3.05) is 26.9 Å². The Labute approximate surface area is 162 Å². The summed E-state index contributed by atoms with van der Waals surface area (Å²) in [6.07, 6.45) is 0.974. The van der Waals surface area contributed by atoms with Crippen LogP contribution in [-0.2, 0) is 17.9 Å². The summed E-state index contributed by atoms with van der Waals surface area (Å²) in [6, 6.07) is 10.1. The number of hydrogen-bond acceptors (Lipinski definition) is 4. The quantitative estimate of drug-likeness (QED) is 0.530. The summed E-state index contributed by atoms with van der Waals surface area (Å²) in [5, 5.41) is 3.39. The van der Waals surface area contributed by atoms with E-state index in [0.29, 0.717) is 18.1 Å². The molecule has 26 heavy (non-hydrogen) atoms. The molecule has 0 radical (unpaired) electrons. The van der Waals surface area contributed by atoms with E-state index in [-0.39, 0.29) is 5.82 Å². The van der Waals surface area contributed by atoms with E-state index < -0.39 is 0 Å². The van der Waals surface area contributed by atoms with Crippen molar-refractivity contribution in [1.29, 1.82) is 0 Å². The average Bonchev–Trinajstić information content (AvgIpc) is 2.65. The third-order valence-electron chi connectivity index (χ3n) is 3.80. The predicted molar refractivity (Wildman–Crippen MR) is 104 cm³/mol. The molecule has 0 fully saturated rings. The third-order valence-corrected chi connectivity index (χ3v) is 4.54. The number of benzene rings is 2. The zero-order chi connectivity index (χ0) is 18.8. The number of methoxy groups -OCH3 is 1. The van der Waals surface area contributed by atoms with Gasteiger partial charge in [0.2, 0.25) is 0 Å². The minimum absolute atomic E-state index is 0.257. The van der Waals surface area contributed by atoms with Gasteiger partial charge >= 0.3 is 0 Å². The van der Waals surface area contributed by atoms with Crippen molar-refractivity contribution in [3.8, 4) is 11.5 Å². The summed E-state index contributed by atoms with van der Waals surface area (Å²) < 4.78 is 30.5. The molecule has 0 atom stereocenters. The summed E-state index contributed by atoms with van der Waals surface area (Å²) in [4.78, 5) is 0. The molecule has 6 heteroatoms. The van der Waals surface area contributed by atoms with Gasteiger partial charge in [-0.3, -0.25) is 0 Å². The second kappa shape index (κ2) is 11.2. The van der Waals surface area contributed by atoms with Gasteiger partial charge in [-0.15, -0.1) is 0 Å². The van der Waals surface area contributed by atoms with Crippen LogP contribution in [0, 0.1) is 5.82 Å². The summed E-state index contributed by atoms with van der Waals surface area (Å²) in [5.74, 6) is 1.05. The van der Waals surface area contributed by atoms with E-state index in [1.54, 1.807) is 19.2 Å². The monoisotopic (exact) mass is 425 g/mol. The van der Waals surface area contributed by atoms with Crippen LogP contribution in [0.4, 0.5) is 4.39 Å². The molecule has 0 saturated heterocycles. The molecule has 0 spiro atoms. The molecule has 0 amide bonds. The van der Waals surface area contributed by atoms with Gasteiger partial charge in [0.05, 0.1) is 7.11 Å². The van der Waals surface area contributed by atoms with Crippen LogP contribution in [0.1, 0.15) is 24.5 Å². The molecule has 0 aromatic heterocycles. The summed E-state index contributed by atoms with van der Waals surface area (Å²) >= 11 is 3.59. The molecule has 2 aromatic carbocycles. The van der Waals surface area contributed by atoms with E-state index in [0.717, 1.165) is 48.3 Å². The van der Waals surface area contributed by atoms with Crippen molar-refractivity contribution in [2.45, 2.75) is 26.5 Å². The maximum absolute atomic E-state index is 13.0. The fourth-order valence-electron chi connectivity index (χ4n) is 2.39. The third kappa shape index (κ3) is 6.59. The van der Waals surface area contributed by atoms with Gasteiger partial charge in [0, 0.05) is 24.2 Å². The highest BCUT2D eigenvalue weighted by Gasteiger charge is 2.10. The standard InChI is InChI=1S/C20H25BrFNO3/c1-3-25-10-4-9-23-13-16-11-19(24-2)20(12-18(16)21)26-14-15-5-7-17(22)8-6-15/h5-8,11-12,23H,3-4,9-10,13-14H2,1-2H3. The topological polar surface area (TPSA) is 39.7 Å². The molecule has 0 unspecified atom stereocenters. The Morgan fingerprint density at radius 1 is 1.12 bits per heavy atom. The Morgan fingerprint density at radius 2 is 1.88 bits per heavy atom. The van der Waals surface area contributed by atoms with E-state index in [1.165, 1.54) is 12.1 Å². The summed E-state index contributed by atoms with van der Waals surface area (Å²) in [6.45, 7) is 5.47. The Bertz CT molecular complexity index is 680. The lowest BCUT2D eigenvalue weighted by atomic mass is 10.2. The molecule has 2 aromatic rings. The molecular weight excluding hydrogens is 401 g/mol. The molecule has 0 heterocycles. The molecule has 0 aliphatic carbocycles. The lowest BCUT2D eigenvalue weighted by molar-refractivity contribution is 0.144. The maximum atomic E-state index is 13.0. The van der Waals surface area contributed by atoms with Crippen LogP contribution in [0.15, 0.2) is 40.9 Å². The molecule has 0 aliphatic rings. The molecule has 0 bridgehead atoms. The highest BCUT2D eigenvalue weighted by atomic mass is 79.9. The van der Waals surface area contributed by atoms with Crippen LogP contribution in [0.25, 0.3) is 0 Å². The largest absolute Gasteiger partial charge is 0.493 e. The second-order valence-electron chi connectivity index (χ2n) is 5.74. The van der Waals surface area contributed by atoms with E-state index in [4.69, 9.17) is 14.2 Å². The molecule has 0 aliphatic heterocycles. The van der Waals surface area contributed by atoms with Crippen LogP contribution in [0.5, 0.6) is 11.5 Å². The smallest absolute Gasteiger partial charge is 0.162 e. The molecule has 2 rings (SSSR count). The summed E-state index contributed by atoms with van der Waals surface area (Å²) in [5.41, 5.74) is 1.98. The maximum Gasteiger partial charge on any atom is 0.162 e. The lowest BCUT2D eigenvalue weighted by Gasteiger charge is -2.14. The Hall–Kier alpha value is -1.63. The van der Waals surface area contributed by atoms with Crippen molar-refractivity contribution >= 4 is 15.9 Å². The highest BCUT2D eigenvalue weighted by Crippen LogP contribution is 2.34. The van der Waals surface area contributed by atoms with Crippen molar-refractivity contribution in [3.63, 3.8) is 0 Å². The molecule has 1 N–H and O–H groups in total. The van der Waals surface area contributed by atoms with Gasteiger partial charge in [-0.1, -0.05) is 28.1 Å². The van der Waals surface area contributed by atoms with Crippen LogP contribution in [-0.4, -0.2) is 26.9 Å². The first-order valence-electron chi connectivity index (χ1n) is 8.66. The minimum atomic E-state index is -0.257.